The highest BCUT2D eigenvalue weighted by molar-refractivity contribution is 7.98. The maximum atomic E-state index is 13.0. The predicted molar refractivity (Wildman–Crippen MR) is 174 cm³/mol. The highest BCUT2D eigenvalue weighted by Gasteiger charge is 2.19. The van der Waals surface area contributed by atoms with Crippen molar-refractivity contribution in [1.82, 2.24) is 4.57 Å². The molecule has 0 atom stereocenters. The minimum absolute atomic E-state index is 0.0261. The molecule has 0 spiro atoms. The molecule has 6 aromatic rings. The van der Waals surface area contributed by atoms with Crippen molar-refractivity contribution in [3.05, 3.63) is 142 Å². The zero-order chi connectivity index (χ0) is 30.8. The molecule has 9 heteroatoms. The molecule has 0 radical (unpaired) electrons. The Bertz CT molecular complexity index is 2070. The molecule has 3 N–H and O–H groups in total. The minimum Gasteiger partial charge on any atom is -0.478 e. The number of anilines is 1. The van der Waals surface area contributed by atoms with Crippen LogP contribution in [-0.2, 0) is 12.3 Å². The number of aromatic carboxylic acids is 2. The normalized spacial score (nSPS) is 11.1. The summed E-state index contributed by atoms with van der Waals surface area (Å²) >= 11 is 8.71. The Kier molecular flexibility index (Phi) is 8.11. The third-order valence-corrected chi connectivity index (χ3v) is 8.80. The molecular weight excluding hydrogens is 596 g/mol. The van der Waals surface area contributed by atoms with Crippen molar-refractivity contribution in [2.45, 2.75) is 17.2 Å². The standard InChI is InChI=1S/C35H25ClN2O5S/c36-32-29-18-27(37-33(39)25-6-3-7-26(16-25)35(42)43)13-15-30(29)38(19-21-8-10-23(11-9-21)34(40)41)31(32)20-44-28-14-12-22-4-1-2-5-24(22)17-28/h1-18H,19-20H2,(H,37,39)(H,40,41)(H,42,43). The average molecular weight is 621 g/mol. The first-order valence-electron chi connectivity index (χ1n) is 13.7. The van der Waals surface area contributed by atoms with Crippen molar-refractivity contribution in [1.29, 1.82) is 0 Å². The number of amides is 1. The summed E-state index contributed by atoms with van der Waals surface area (Å²) in [5.41, 5.74) is 3.64. The monoisotopic (exact) mass is 620 g/mol. The zero-order valence-corrected chi connectivity index (χ0v) is 24.7. The summed E-state index contributed by atoms with van der Waals surface area (Å²) in [7, 11) is 0. The first-order chi connectivity index (χ1) is 21.3. The molecule has 1 aromatic heterocycles. The summed E-state index contributed by atoms with van der Waals surface area (Å²) in [6, 6.07) is 32.6. The van der Waals surface area contributed by atoms with Gasteiger partial charge in [-0.15, -0.1) is 11.8 Å². The number of halogens is 1. The first-order valence-corrected chi connectivity index (χ1v) is 15.0. The van der Waals surface area contributed by atoms with Gasteiger partial charge in [0.25, 0.3) is 5.91 Å². The van der Waals surface area contributed by atoms with Gasteiger partial charge in [-0.3, -0.25) is 4.79 Å². The van der Waals surface area contributed by atoms with Crippen LogP contribution in [0.1, 0.15) is 42.3 Å². The third-order valence-electron chi connectivity index (χ3n) is 7.37. The molecule has 44 heavy (non-hydrogen) atoms. The molecule has 1 heterocycles. The van der Waals surface area contributed by atoms with Gasteiger partial charge in [-0.25, -0.2) is 9.59 Å². The summed E-state index contributed by atoms with van der Waals surface area (Å²) in [6.07, 6.45) is 0. The van der Waals surface area contributed by atoms with Crippen LogP contribution < -0.4 is 5.32 Å². The zero-order valence-electron chi connectivity index (χ0n) is 23.2. The van der Waals surface area contributed by atoms with Crippen molar-refractivity contribution in [2.24, 2.45) is 0 Å². The highest BCUT2D eigenvalue weighted by atomic mass is 35.5. The molecule has 1 amide bonds. The van der Waals surface area contributed by atoms with E-state index in [4.69, 9.17) is 11.6 Å². The molecule has 0 saturated carbocycles. The van der Waals surface area contributed by atoms with E-state index >= 15 is 0 Å². The second kappa shape index (κ2) is 12.3. The summed E-state index contributed by atoms with van der Waals surface area (Å²) in [4.78, 5) is 36.8. The number of nitrogens with zero attached hydrogens (tertiary/aromatic N) is 1. The van der Waals surface area contributed by atoms with E-state index < -0.39 is 17.8 Å². The Morgan fingerprint density at radius 1 is 0.727 bits per heavy atom. The average Bonchev–Trinajstić information content (AvgIpc) is 3.29. The summed E-state index contributed by atoms with van der Waals surface area (Å²) < 4.78 is 2.11. The number of hydrogen-bond donors (Lipinski definition) is 3. The molecule has 0 aliphatic rings. The third kappa shape index (κ3) is 6.04. The van der Waals surface area contributed by atoms with E-state index in [0.29, 0.717) is 23.0 Å². The molecule has 0 aliphatic heterocycles. The topological polar surface area (TPSA) is 109 Å². The van der Waals surface area contributed by atoms with Crippen LogP contribution in [0.25, 0.3) is 21.7 Å². The molecule has 5 aromatic carbocycles. The van der Waals surface area contributed by atoms with Gasteiger partial charge in [-0.1, -0.05) is 60.1 Å². The molecule has 6 rings (SSSR count). The molecule has 7 nitrogen and oxygen atoms in total. The number of carboxylic acids is 2. The van der Waals surface area contributed by atoms with Crippen LogP contribution in [0.4, 0.5) is 5.69 Å². The maximum absolute atomic E-state index is 13.0. The Labute approximate surface area is 261 Å². The Morgan fingerprint density at radius 3 is 2.20 bits per heavy atom. The Hall–Kier alpha value is -5.05. The van der Waals surface area contributed by atoms with Gasteiger partial charge >= 0.3 is 11.9 Å². The lowest BCUT2D eigenvalue weighted by Gasteiger charge is -2.12. The highest BCUT2D eigenvalue weighted by Crippen LogP contribution is 2.37. The number of fused-ring (bicyclic) bond motifs is 2. The Morgan fingerprint density at radius 2 is 1.45 bits per heavy atom. The summed E-state index contributed by atoms with van der Waals surface area (Å²) in [5, 5.41) is 25.1. The molecule has 0 unspecified atom stereocenters. The van der Waals surface area contributed by atoms with Gasteiger partial charge in [-0.05, 0) is 77.0 Å². The van der Waals surface area contributed by atoms with E-state index in [2.05, 4.69) is 40.2 Å². The number of hydrogen-bond acceptors (Lipinski definition) is 4. The van der Waals surface area contributed by atoms with E-state index in [1.54, 1.807) is 48.2 Å². The van der Waals surface area contributed by atoms with Crippen LogP contribution in [-0.4, -0.2) is 32.6 Å². The summed E-state index contributed by atoms with van der Waals surface area (Å²) in [5.74, 6) is -1.96. The second-order valence-corrected chi connectivity index (χ2v) is 11.6. The van der Waals surface area contributed by atoms with E-state index in [-0.39, 0.29) is 16.7 Å². The molecule has 0 fully saturated rings. The second-order valence-electron chi connectivity index (χ2n) is 10.2. The number of carbonyl (C=O) groups excluding carboxylic acids is 1. The predicted octanol–water partition coefficient (Wildman–Crippen LogP) is 8.44. The van der Waals surface area contributed by atoms with Crippen molar-refractivity contribution in [3.63, 3.8) is 0 Å². The van der Waals surface area contributed by atoms with Crippen molar-refractivity contribution >= 4 is 68.6 Å². The Balaban J connectivity index is 1.34. The van der Waals surface area contributed by atoms with Crippen LogP contribution in [0.5, 0.6) is 0 Å². The van der Waals surface area contributed by atoms with Crippen LogP contribution in [0, 0.1) is 0 Å². The lowest BCUT2D eigenvalue weighted by molar-refractivity contribution is 0.0686. The van der Waals surface area contributed by atoms with Crippen LogP contribution in [0.3, 0.4) is 0 Å². The van der Waals surface area contributed by atoms with E-state index in [0.717, 1.165) is 37.8 Å². The van der Waals surface area contributed by atoms with Crippen molar-refractivity contribution < 1.29 is 24.6 Å². The molecule has 0 saturated heterocycles. The number of carbonyl (C=O) groups is 3. The van der Waals surface area contributed by atoms with E-state index in [1.165, 1.54) is 18.2 Å². The largest absolute Gasteiger partial charge is 0.478 e. The van der Waals surface area contributed by atoms with Gasteiger partial charge in [0, 0.05) is 39.5 Å². The molecule has 0 aliphatic carbocycles. The SMILES string of the molecule is O=C(O)c1ccc(Cn2c(CSc3ccc4ccccc4c3)c(Cl)c3cc(NC(=O)c4cccc(C(=O)O)c4)ccc32)cc1. The number of benzene rings is 5. The molecule has 0 bridgehead atoms. The number of aromatic nitrogens is 1. The maximum Gasteiger partial charge on any atom is 0.335 e. The number of thioether (sulfide) groups is 1. The van der Waals surface area contributed by atoms with Gasteiger partial charge in [0.1, 0.15) is 0 Å². The van der Waals surface area contributed by atoms with E-state index in [9.17, 15) is 24.6 Å². The van der Waals surface area contributed by atoms with Gasteiger partial charge in [-0.2, -0.15) is 0 Å². The minimum atomic E-state index is -1.11. The lowest BCUT2D eigenvalue weighted by Crippen LogP contribution is -2.12. The molecule has 218 valence electrons. The van der Waals surface area contributed by atoms with Gasteiger partial charge < -0.3 is 20.1 Å². The van der Waals surface area contributed by atoms with Crippen LogP contribution >= 0.6 is 23.4 Å². The number of carboxylic acid groups (broad SMARTS) is 2. The fourth-order valence-electron chi connectivity index (χ4n) is 5.11. The number of nitrogens with one attached hydrogen (secondary N) is 1. The van der Waals surface area contributed by atoms with Crippen molar-refractivity contribution in [3.8, 4) is 0 Å². The van der Waals surface area contributed by atoms with Gasteiger partial charge in [0.05, 0.1) is 21.7 Å². The van der Waals surface area contributed by atoms with Crippen LogP contribution in [0.2, 0.25) is 5.02 Å². The van der Waals surface area contributed by atoms with Gasteiger partial charge in [0.2, 0.25) is 0 Å². The van der Waals surface area contributed by atoms with Crippen LogP contribution in [0.15, 0.2) is 114 Å². The van der Waals surface area contributed by atoms with Crippen molar-refractivity contribution in [2.75, 3.05) is 5.32 Å². The van der Waals surface area contributed by atoms with Gasteiger partial charge in [0.15, 0.2) is 0 Å². The smallest absolute Gasteiger partial charge is 0.335 e. The first kappa shape index (κ1) is 29.0. The molecular formula is C35H25ClN2O5S. The fourth-order valence-corrected chi connectivity index (χ4v) is 6.48. The number of rotatable bonds is 9. The lowest BCUT2D eigenvalue weighted by atomic mass is 10.1. The summed E-state index contributed by atoms with van der Waals surface area (Å²) in [6.45, 7) is 0.463. The van der Waals surface area contributed by atoms with E-state index in [1.807, 2.05) is 24.3 Å². The quantitative estimate of drug-likeness (QED) is 0.140. The fraction of sp³-hybridized carbons (Fsp3) is 0.0571.